The Morgan fingerprint density at radius 3 is 2.93 bits per heavy atom. The molecule has 0 atom stereocenters. The quantitative estimate of drug-likeness (QED) is 0.821. The van der Waals surface area contributed by atoms with Crippen molar-refractivity contribution in [2.75, 3.05) is 6.54 Å². The Balaban J connectivity index is 2.07. The molecule has 1 aliphatic rings. The molecule has 0 spiro atoms. The Hall–Kier alpha value is -0.840. The van der Waals surface area contributed by atoms with Gasteiger partial charge >= 0.3 is 0 Å². The van der Waals surface area contributed by atoms with Crippen LogP contribution in [0.1, 0.15) is 25.0 Å². The van der Waals surface area contributed by atoms with Gasteiger partial charge in [-0.2, -0.15) is 5.10 Å². The number of carbonyl (C=O) groups excluding carboxylic acids is 1. The average Bonchev–Trinajstić information content (AvgIpc) is 2.49. The maximum atomic E-state index is 11.6. The molecule has 1 saturated heterocycles. The van der Waals surface area contributed by atoms with Crippen molar-refractivity contribution in [2.24, 2.45) is 7.05 Å². The molecule has 1 fully saturated rings. The van der Waals surface area contributed by atoms with Crippen molar-refractivity contribution in [1.29, 1.82) is 0 Å². The van der Waals surface area contributed by atoms with Gasteiger partial charge in [-0.3, -0.25) is 9.48 Å². The molecule has 0 saturated carbocycles. The molecule has 2 rings (SSSR count). The molecule has 0 radical (unpaired) electrons. The summed E-state index contributed by atoms with van der Waals surface area (Å²) in [6.45, 7) is 1.49. The van der Waals surface area contributed by atoms with Crippen LogP contribution in [0.4, 0.5) is 0 Å². The highest BCUT2D eigenvalue weighted by atomic mass is 79.9. The number of hydrogen-bond acceptors (Lipinski definition) is 2. The van der Waals surface area contributed by atoms with Crippen molar-refractivity contribution in [3.05, 3.63) is 16.4 Å². The smallest absolute Gasteiger partial charge is 0.222 e. The molecule has 1 aromatic rings. The molecular formula is C10H14BrN3O. The lowest BCUT2D eigenvalue weighted by molar-refractivity contribution is -0.133. The van der Waals surface area contributed by atoms with Crippen LogP contribution >= 0.6 is 15.9 Å². The van der Waals surface area contributed by atoms with E-state index < -0.39 is 0 Å². The fraction of sp³-hybridized carbons (Fsp3) is 0.600. The highest BCUT2D eigenvalue weighted by Gasteiger charge is 2.19. The Kier molecular flexibility index (Phi) is 3.09. The van der Waals surface area contributed by atoms with Gasteiger partial charge in [-0.1, -0.05) is 0 Å². The molecule has 0 aromatic carbocycles. The molecule has 1 aliphatic heterocycles. The molecule has 2 heterocycles. The summed E-state index contributed by atoms with van der Waals surface area (Å²) in [6.07, 6.45) is 4.73. The van der Waals surface area contributed by atoms with E-state index in [1.54, 1.807) is 4.68 Å². The molecule has 0 N–H and O–H groups in total. The molecule has 15 heavy (non-hydrogen) atoms. The summed E-state index contributed by atoms with van der Waals surface area (Å²) in [6, 6.07) is 0. The van der Waals surface area contributed by atoms with E-state index in [1.807, 2.05) is 18.1 Å². The molecule has 1 aromatic heterocycles. The van der Waals surface area contributed by atoms with Crippen LogP contribution in [0, 0.1) is 0 Å². The van der Waals surface area contributed by atoms with Gasteiger partial charge in [-0.15, -0.1) is 0 Å². The second-order valence-corrected chi connectivity index (χ2v) is 4.72. The number of amides is 1. The number of hydrogen-bond donors (Lipinski definition) is 0. The third kappa shape index (κ3) is 2.40. The van der Waals surface area contributed by atoms with E-state index in [4.69, 9.17) is 0 Å². The minimum Gasteiger partial charge on any atom is -0.337 e. The standard InChI is InChI=1S/C10H14BrN3O/c1-13-6-8(11)9(12-13)7-14-5-3-2-4-10(14)15/h6H,2-5,7H2,1H3. The van der Waals surface area contributed by atoms with Gasteiger partial charge in [0.2, 0.25) is 5.91 Å². The van der Waals surface area contributed by atoms with Gasteiger partial charge in [0.05, 0.1) is 16.7 Å². The van der Waals surface area contributed by atoms with Crippen LogP contribution in [0.3, 0.4) is 0 Å². The van der Waals surface area contributed by atoms with E-state index in [0.29, 0.717) is 13.0 Å². The number of likely N-dealkylation sites (tertiary alicyclic amines) is 1. The van der Waals surface area contributed by atoms with E-state index in [9.17, 15) is 4.79 Å². The predicted octanol–water partition coefficient (Wildman–Crippen LogP) is 1.70. The van der Waals surface area contributed by atoms with Crippen LogP contribution in [0.15, 0.2) is 10.7 Å². The largest absolute Gasteiger partial charge is 0.337 e. The van der Waals surface area contributed by atoms with Gasteiger partial charge in [0.25, 0.3) is 0 Å². The Labute approximate surface area is 97.4 Å². The minimum atomic E-state index is 0.249. The summed E-state index contributed by atoms with van der Waals surface area (Å²) in [5.74, 6) is 0.249. The van der Waals surface area contributed by atoms with E-state index in [-0.39, 0.29) is 5.91 Å². The zero-order valence-electron chi connectivity index (χ0n) is 8.74. The number of piperidine rings is 1. The van der Waals surface area contributed by atoms with Crippen LogP contribution in [0.25, 0.3) is 0 Å². The number of carbonyl (C=O) groups is 1. The molecule has 1 amide bonds. The third-order valence-corrected chi connectivity index (χ3v) is 3.28. The highest BCUT2D eigenvalue weighted by Crippen LogP contribution is 2.19. The molecular weight excluding hydrogens is 258 g/mol. The van der Waals surface area contributed by atoms with Gasteiger partial charge in [-0.25, -0.2) is 0 Å². The first-order valence-corrected chi connectivity index (χ1v) is 5.92. The summed E-state index contributed by atoms with van der Waals surface area (Å²) in [5, 5.41) is 4.31. The first-order chi connectivity index (χ1) is 7.16. The summed E-state index contributed by atoms with van der Waals surface area (Å²) in [4.78, 5) is 13.5. The summed E-state index contributed by atoms with van der Waals surface area (Å²) in [5.41, 5.74) is 0.938. The Morgan fingerprint density at radius 1 is 1.53 bits per heavy atom. The second-order valence-electron chi connectivity index (χ2n) is 3.87. The van der Waals surface area contributed by atoms with Crippen LogP contribution < -0.4 is 0 Å². The fourth-order valence-electron chi connectivity index (χ4n) is 1.82. The van der Waals surface area contributed by atoms with Gasteiger partial charge in [0.15, 0.2) is 0 Å². The molecule has 5 heteroatoms. The lowest BCUT2D eigenvalue weighted by atomic mass is 10.1. The van der Waals surface area contributed by atoms with Crippen molar-refractivity contribution in [2.45, 2.75) is 25.8 Å². The lowest BCUT2D eigenvalue weighted by Crippen LogP contribution is -2.34. The van der Waals surface area contributed by atoms with Crippen LogP contribution in [0.5, 0.6) is 0 Å². The van der Waals surface area contributed by atoms with E-state index in [2.05, 4.69) is 21.0 Å². The van der Waals surface area contributed by atoms with Crippen molar-refractivity contribution < 1.29 is 4.79 Å². The number of halogens is 1. The van der Waals surface area contributed by atoms with Crippen molar-refractivity contribution in [1.82, 2.24) is 14.7 Å². The topological polar surface area (TPSA) is 38.1 Å². The zero-order valence-corrected chi connectivity index (χ0v) is 10.3. The predicted molar refractivity (Wildman–Crippen MR) is 60.2 cm³/mol. The van der Waals surface area contributed by atoms with E-state index >= 15 is 0 Å². The van der Waals surface area contributed by atoms with Crippen molar-refractivity contribution in [3.63, 3.8) is 0 Å². The van der Waals surface area contributed by atoms with Crippen LogP contribution in [-0.4, -0.2) is 27.1 Å². The van der Waals surface area contributed by atoms with Gasteiger partial charge < -0.3 is 4.90 Å². The van der Waals surface area contributed by atoms with Crippen LogP contribution in [-0.2, 0) is 18.4 Å². The third-order valence-electron chi connectivity index (χ3n) is 2.62. The monoisotopic (exact) mass is 271 g/mol. The van der Waals surface area contributed by atoms with Crippen LogP contribution in [0.2, 0.25) is 0 Å². The summed E-state index contributed by atoms with van der Waals surface area (Å²) < 4.78 is 2.73. The number of nitrogens with zero attached hydrogens (tertiary/aromatic N) is 3. The maximum Gasteiger partial charge on any atom is 0.222 e. The van der Waals surface area contributed by atoms with Gasteiger partial charge in [0, 0.05) is 26.2 Å². The first-order valence-electron chi connectivity index (χ1n) is 5.12. The highest BCUT2D eigenvalue weighted by molar-refractivity contribution is 9.10. The lowest BCUT2D eigenvalue weighted by Gasteiger charge is -2.25. The molecule has 4 nitrogen and oxygen atoms in total. The summed E-state index contributed by atoms with van der Waals surface area (Å²) >= 11 is 3.44. The minimum absolute atomic E-state index is 0.249. The molecule has 0 unspecified atom stereocenters. The Morgan fingerprint density at radius 2 is 2.33 bits per heavy atom. The number of rotatable bonds is 2. The van der Waals surface area contributed by atoms with Gasteiger partial charge in [0.1, 0.15) is 0 Å². The average molecular weight is 272 g/mol. The fourth-order valence-corrected chi connectivity index (χ4v) is 2.32. The molecule has 0 aliphatic carbocycles. The molecule has 0 bridgehead atoms. The number of aromatic nitrogens is 2. The zero-order chi connectivity index (χ0) is 10.8. The maximum absolute atomic E-state index is 11.6. The summed E-state index contributed by atoms with van der Waals surface area (Å²) in [7, 11) is 1.88. The van der Waals surface area contributed by atoms with Crippen molar-refractivity contribution in [3.8, 4) is 0 Å². The Bertz CT molecular complexity index is 375. The van der Waals surface area contributed by atoms with Crippen molar-refractivity contribution >= 4 is 21.8 Å². The SMILES string of the molecule is Cn1cc(Br)c(CN2CCCCC2=O)n1. The normalized spacial score (nSPS) is 17.2. The second kappa shape index (κ2) is 4.35. The van der Waals surface area contributed by atoms with E-state index in [0.717, 1.165) is 29.6 Å². The van der Waals surface area contributed by atoms with Gasteiger partial charge in [-0.05, 0) is 28.8 Å². The first kappa shape index (κ1) is 10.7. The molecule has 82 valence electrons. The van der Waals surface area contributed by atoms with E-state index in [1.165, 1.54) is 0 Å². The number of aryl methyl sites for hydroxylation is 1.